The summed E-state index contributed by atoms with van der Waals surface area (Å²) in [6.07, 6.45) is 0. The van der Waals surface area contributed by atoms with Crippen LogP contribution in [0.5, 0.6) is 0 Å². The molecule has 3 rings (SSSR count). The minimum Gasteiger partial charge on any atom is -0.336 e. The van der Waals surface area contributed by atoms with Gasteiger partial charge in [0, 0.05) is 19.3 Å². The van der Waals surface area contributed by atoms with Gasteiger partial charge in [-0.2, -0.15) is 0 Å². The van der Waals surface area contributed by atoms with Gasteiger partial charge in [0.2, 0.25) is 0 Å². The van der Waals surface area contributed by atoms with E-state index in [1.807, 2.05) is 5.48 Å². The average Bonchev–Trinajstić information content (AvgIpc) is 3.22. The van der Waals surface area contributed by atoms with Gasteiger partial charge in [0.25, 0.3) is 0 Å². The molecule has 2 amide bonds. The van der Waals surface area contributed by atoms with Gasteiger partial charge >= 0.3 is 6.03 Å². The van der Waals surface area contributed by atoms with Crippen LogP contribution < -0.4 is 10.8 Å². The van der Waals surface area contributed by atoms with Crippen molar-refractivity contribution in [2.75, 3.05) is 19.3 Å². The second kappa shape index (κ2) is 8.01. The summed E-state index contributed by atoms with van der Waals surface area (Å²) in [6.45, 7) is 0.533. The second-order valence-corrected chi connectivity index (χ2v) is 7.21. The molecular weight excluding hydrogens is 431 g/mol. The maximum Gasteiger partial charge on any atom is 0.317 e. The second-order valence-electron chi connectivity index (χ2n) is 5.35. The topological polar surface area (TPSA) is 116 Å². The van der Waals surface area contributed by atoms with Gasteiger partial charge < -0.3 is 10.2 Å². The first-order valence-corrected chi connectivity index (χ1v) is 9.17. The van der Waals surface area contributed by atoms with Crippen LogP contribution in [0.25, 0.3) is 0 Å². The number of nitrogens with one attached hydrogen (secondary N) is 2. The first-order valence-electron chi connectivity index (χ1n) is 7.40. The van der Waals surface area contributed by atoms with E-state index in [9.17, 15) is 14.4 Å². The standard InChI is InChI=1S/C14H14BrFN6O3S/c1-22-8(5-17-14(22)23)6-26-13-11(20-25-21-13)12(19-24)18-7-2-3-10(16)9(15)4-7/h2-4,8,24H,5-6H2,1H3,(H,17,23)(H,18,19)/t8-/m0/s1. The van der Waals surface area contributed by atoms with Gasteiger partial charge in [0.15, 0.2) is 16.6 Å². The third kappa shape index (κ3) is 3.97. The van der Waals surface area contributed by atoms with Crippen LogP contribution in [0, 0.1) is 5.82 Å². The van der Waals surface area contributed by atoms with Crippen molar-refractivity contribution in [1.82, 2.24) is 26.0 Å². The lowest BCUT2D eigenvalue weighted by Crippen LogP contribution is -2.31. The van der Waals surface area contributed by atoms with Crippen LogP contribution in [0.15, 0.2) is 37.3 Å². The Morgan fingerprint density at radius 3 is 3.08 bits per heavy atom. The number of amides is 2. The number of nitrogens with zero attached hydrogens (tertiary/aromatic N) is 4. The smallest absolute Gasteiger partial charge is 0.317 e. The minimum absolute atomic E-state index is 0.00114. The quantitative estimate of drug-likeness (QED) is 0.280. The Kier molecular flexibility index (Phi) is 5.74. The lowest BCUT2D eigenvalue weighted by atomic mass is 10.3. The van der Waals surface area contributed by atoms with Crippen molar-refractivity contribution in [1.29, 1.82) is 0 Å². The summed E-state index contributed by atoms with van der Waals surface area (Å²) in [5.41, 5.74) is 2.55. The molecule has 1 fully saturated rings. The maximum absolute atomic E-state index is 13.3. The lowest BCUT2D eigenvalue weighted by molar-refractivity contribution is 0.219. The number of likely N-dealkylation sites (N-methyl/N-ethyl adjacent to an activating group) is 1. The van der Waals surface area contributed by atoms with Gasteiger partial charge in [-0.25, -0.2) is 18.8 Å². The van der Waals surface area contributed by atoms with Crippen LogP contribution in [0.4, 0.5) is 14.9 Å². The van der Waals surface area contributed by atoms with Crippen LogP contribution in [0.2, 0.25) is 0 Å². The van der Waals surface area contributed by atoms with Crippen molar-refractivity contribution in [2.24, 2.45) is 4.99 Å². The van der Waals surface area contributed by atoms with E-state index in [4.69, 9.17) is 4.63 Å². The third-order valence-corrected chi connectivity index (χ3v) is 5.40. The monoisotopic (exact) mass is 444 g/mol. The highest BCUT2D eigenvalue weighted by Gasteiger charge is 2.28. The number of amidine groups is 1. The zero-order valence-corrected chi connectivity index (χ0v) is 15.8. The minimum atomic E-state index is -0.425. The summed E-state index contributed by atoms with van der Waals surface area (Å²) < 4.78 is 18.3. The molecule has 3 N–H and O–H groups in total. The number of rotatable bonds is 5. The molecule has 12 heteroatoms. The van der Waals surface area contributed by atoms with Gasteiger partial charge in [-0.05, 0) is 44.4 Å². The Bertz CT molecular complexity index is 848. The highest BCUT2D eigenvalue weighted by atomic mass is 79.9. The van der Waals surface area contributed by atoms with Crippen molar-refractivity contribution in [3.8, 4) is 0 Å². The van der Waals surface area contributed by atoms with Gasteiger partial charge in [-0.15, -0.1) is 0 Å². The molecular formula is C14H14BrFN6O3S. The van der Waals surface area contributed by atoms with Crippen molar-refractivity contribution < 1.29 is 19.0 Å². The van der Waals surface area contributed by atoms with Crippen molar-refractivity contribution >= 4 is 45.2 Å². The summed E-state index contributed by atoms with van der Waals surface area (Å²) in [6, 6.07) is 4.01. The number of hydrogen-bond acceptors (Lipinski definition) is 7. The molecule has 0 saturated carbocycles. The first-order chi connectivity index (χ1) is 12.5. The van der Waals surface area contributed by atoms with Crippen LogP contribution >= 0.6 is 27.7 Å². The fourth-order valence-corrected chi connectivity index (χ4v) is 3.63. The summed E-state index contributed by atoms with van der Waals surface area (Å²) in [5, 5.41) is 20.1. The maximum atomic E-state index is 13.3. The normalized spacial score (nSPS) is 17.5. The van der Waals surface area contributed by atoms with Crippen molar-refractivity contribution in [2.45, 2.75) is 11.1 Å². The Hall–Kier alpha value is -2.18. The van der Waals surface area contributed by atoms with Crippen molar-refractivity contribution in [3.05, 3.63) is 34.2 Å². The Morgan fingerprint density at radius 1 is 1.62 bits per heavy atom. The molecule has 0 bridgehead atoms. The fraction of sp³-hybridized carbons (Fsp3) is 0.286. The number of halogens is 2. The predicted molar refractivity (Wildman–Crippen MR) is 95.2 cm³/mol. The molecule has 1 aliphatic rings. The Labute approximate surface area is 160 Å². The summed E-state index contributed by atoms with van der Waals surface area (Å²) in [5.74, 6) is 0.129. The molecule has 1 aromatic heterocycles. The first kappa shape index (κ1) is 18.6. The molecule has 0 aliphatic carbocycles. The van der Waals surface area contributed by atoms with Crippen LogP contribution in [0.1, 0.15) is 5.69 Å². The molecule has 0 spiro atoms. The number of thioether (sulfide) groups is 1. The molecule has 1 aromatic carbocycles. The molecule has 2 aromatic rings. The number of hydrogen-bond donors (Lipinski definition) is 3. The molecule has 138 valence electrons. The Balaban J connectivity index is 1.77. The van der Waals surface area contributed by atoms with Crippen LogP contribution in [0.3, 0.4) is 0 Å². The van der Waals surface area contributed by atoms with Gasteiger partial charge in [0.1, 0.15) is 5.82 Å². The van der Waals surface area contributed by atoms with Gasteiger partial charge in [0.05, 0.1) is 16.2 Å². The van der Waals surface area contributed by atoms with Gasteiger partial charge in [-0.1, -0.05) is 11.8 Å². The van der Waals surface area contributed by atoms with E-state index < -0.39 is 5.82 Å². The van der Waals surface area contributed by atoms with E-state index in [0.717, 1.165) is 0 Å². The number of hydroxylamine groups is 1. The highest BCUT2D eigenvalue weighted by molar-refractivity contribution is 9.10. The SMILES string of the molecule is CN1C(=O)NC[C@H]1CSc1nonc1C(=Nc1ccc(F)c(Br)c1)NO. The zero-order valence-electron chi connectivity index (χ0n) is 13.4. The van der Waals surface area contributed by atoms with E-state index in [1.165, 1.54) is 30.0 Å². The van der Waals surface area contributed by atoms with Crippen LogP contribution in [-0.2, 0) is 0 Å². The van der Waals surface area contributed by atoms with E-state index in [1.54, 1.807) is 11.9 Å². The van der Waals surface area contributed by atoms with Crippen LogP contribution in [-0.4, -0.2) is 57.7 Å². The highest BCUT2D eigenvalue weighted by Crippen LogP contribution is 2.25. The number of carbonyl (C=O) groups is 1. The summed E-state index contributed by atoms with van der Waals surface area (Å²) in [4.78, 5) is 17.3. The number of carbonyl (C=O) groups excluding carboxylic acids is 1. The number of urea groups is 1. The van der Waals surface area contributed by atoms with E-state index in [0.29, 0.717) is 23.0 Å². The molecule has 1 saturated heterocycles. The largest absolute Gasteiger partial charge is 0.336 e. The molecule has 9 nitrogen and oxygen atoms in total. The van der Waals surface area contributed by atoms with Crippen molar-refractivity contribution in [3.63, 3.8) is 0 Å². The number of benzene rings is 1. The lowest BCUT2D eigenvalue weighted by Gasteiger charge is -2.16. The number of aliphatic imine (C=N–C) groups is 1. The zero-order chi connectivity index (χ0) is 18.7. The Morgan fingerprint density at radius 2 is 2.42 bits per heavy atom. The summed E-state index contributed by atoms with van der Waals surface area (Å²) in [7, 11) is 1.71. The van der Waals surface area contributed by atoms with Gasteiger partial charge in [-0.3, -0.25) is 10.7 Å². The van der Waals surface area contributed by atoms with E-state index in [-0.39, 0.29) is 28.1 Å². The fourth-order valence-electron chi connectivity index (χ4n) is 2.21. The molecule has 2 heterocycles. The number of aromatic nitrogens is 2. The van der Waals surface area contributed by atoms with E-state index in [2.05, 4.69) is 36.6 Å². The summed E-state index contributed by atoms with van der Waals surface area (Å²) >= 11 is 4.39. The molecule has 26 heavy (non-hydrogen) atoms. The average molecular weight is 445 g/mol. The van der Waals surface area contributed by atoms with E-state index >= 15 is 0 Å². The molecule has 0 unspecified atom stereocenters. The third-order valence-electron chi connectivity index (χ3n) is 3.70. The predicted octanol–water partition coefficient (Wildman–Crippen LogP) is 2.14. The molecule has 1 aliphatic heterocycles. The molecule has 1 atom stereocenters. The molecule has 0 radical (unpaired) electrons.